The van der Waals surface area contributed by atoms with E-state index in [1.54, 1.807) is 0 Å². The van der Waals surface area contributed by atoms with Crippen LogP contribution >= 0.6 is 24.4 Å². The maximum atomic E-state index is 5.36. The van der Waals surface area contributed by atoms with Crippen LogP contribution in [0.25, 0.3) is 0 Å². The van der Waals surface area contributed by atoms with Crippen molar-refractivity contribution in [2.75, 3.05) is 5.32 Å². The summed E-state index contributed by atoms with van der Waals surface area (Å²) < 4.78 is 0. The van der Waals surface area contributed by atoms with E-state index in [2.05, 4.69) is 47.5 Å². The quantitative estimate of drug-likeness (QED) is 0.486. The number of rotatable bonds is 3. The van der Waals surface area contributed by atoms with Crippen molar-refractivity contribution in [1.82, 2.24) is 16.2 Å². The molecule has 0 radical (unpaired) electrons. The molecule has 2 bridgehead atoms. The van der Waals surface area contributed by atoms with Gasteiger partial charge >= 0.3 is 0 Å². The fourth-order valence-electron chi connectivity index (χ4n) is 3.85. The molecule has 3 atom stereocenters. The number of hydrazine groups is 1. The molecule has 3 rings (SSSR count). The average molecular weight is 363 g/mol. The number of anilines is 1. The van der Waals surface area contributed by atoms with Crippen molar-refractivity contribution in [2.45, 2.75) is 51.5 Å². The summed E-state index contributed by atoms with van der Waals surface area (Å²) in [5.74, 6) is 2.22. The Balaban J connectivity index is 1.39. The Bertz CT molecular complexity index is 600. The smallest absolute Gasteiger partial charge is 0.189 e. The first-order valence-corrected chi connectivity index (χ1v) is 9.56. The van der Waals surface area contributed by atoms with E-state index in [4.69, 9.17) is 24.4 Å². The number of hydrogen-bond donors (Lipinski definition) is 4. The maximum Gasteiger partial charge on any atom is 0.189 e. The standard InChI is InChI=1S/C18H26N4S2/c1-11(2)13-5-7-15(8-6-13)19-17(23)21-22-18(24)20-16-10-12-3-4-14(16)9-12/h5-8,11-12,14,16H,3-4,9-10H2,1-2H3,(H2,19,21,23)(H2,20,22,24)/t12-,14-,16-/m1/s1. The highest BCUT2D eigenvalue weighted by atomic mass is 32.1. The van der Waals surface area contributed by atoms with Gasteiger partial charge in [0.2, 0.25) is 0 Å². The van der Waals surface area contributed by atoms with Crippen molar-refractivity contribution in [3.63, 3.8) is 0 Å². The molecule has 0 aromatic heterocycles. The number of benzene rings is 1. The van der Waals surface area contributed by atoms with Crippen LogP contribution in [0.3, 0.4) is 0 Å². The highest BCUT2D eigenvalue weighted by Gasteiger charge is 2.39. The Morgan fingerprint density at radius 3 is 2.29 bits per heavy atom. The van der Waals surface area contributed by atoms with Gasteiger partial charge in [-0.1, -0.05) is 32.4 Å². The Labute approximate surface area is 155 Å². The summed E-state index contributed by atoms with van der Waals surface area (Å²) in [4.78, 5) is 0. The average Bonchev–Trinajstić information content (AvgIpc) is 3.16. The van der Waals surface area contributed by atoms with Crippen LogP contribution in [-0.2, 0) is 0 Å². The minimum atomic E-state index is 0.504. The molecule has 1 aromatic rings. The van der Waals surface area contributed by atoms with E-state index < -0.39 is 0 Å². The van der Waals surface area contributed by atoms with Gasteiger partial charge in [-0.15, -0.1) is 0 Å². The van der Waals surface area contributed by atoms with E-state index in [-0.39, 0.29) is 0 Å². The van der Waals surface area contributed by atoms with Crippen LogP contribution in [0.2, 0.25) is 0 Å². The molecule has 1 aromatic carbocycles. The predicted molar refractivity (Wildman–Crippen MR) is 108 cm³/mol. The normalized spacial score (nSPS) is 24.7. The summed E-state index contributed by atoms with van der Waals surface area (Å²) in [6.45, 7) is 4.37. The molecule has 24 heavy (non-hydrogen) atoms. The predicted octanol–water partition coefficient (Wildman–Crippen LogP) is 3.66. The third-order valence-electron chi connectivity index (χ3n) is 5.18. The second-order valence-electron chi connectivity index (χ2n) is 7.24. The monoisotopic (exact) mass is 362 g/mol. The second kappa shape index (κ2) is 7.66. The van der Waals surface area contributed by atoms with Gasteiger partial charge in [-0.2, -0.15) is 0 Å². The van der Waals surface area contributed by atoms with E-state index in [9.17, 15) is 0 Å². The zero-order chi connectivity index (χ0) is 17.1. The van der Waals surface area contributed by atoms with Gasteiger partial charge in [0.1, 0.15) is 0 Å². The molecule has 0 amide bonds. The molecule has 2 fully saturated rings. The maximum absolute atomic E-state index is 5.36. The lowest BCUT2D eigenvalue weighted by atomic mass is 9.96. The van der Waals surface area contributed by atoms with Gasteiger partial charge in [-0.05, 0) is 79.1 Å². The highest BCUT2D eigenvalue weighted by Crippen LogP contribution is 2.44. The first kappa shape index (κ1) is 17.4. The molecular weight excluding hydrogens is 336 g/mol. The molecule has 4 N–H and O–H groups in total. The van der Waals surface area contributed by atoms with E-state index in [0.29, 0.717) is 22.2 Å². The lowest BCUT2D eigenvalue weighted by Crippen LogP contribution is -2.51. The van der Waals surface area contributed by atoms with Crippen LogP contribution in [0.15, 0.2) is 24.3 Å². The lowest BCUT2D eigenvalue weighted by Gasteiger charge is -2.24. The molecule has 2 saturated carbocycles. The molecule has 0 saturated heterocycles. The Hall–Kier alpha value is -1.40. The molecule has 130 valence electrons. The van der Waals surface area contributed by atoms with E-state index in [1.165, 1.54) is 31.2 Å². The lowest BCUT2D eigenvalue weighted by molar-refractivity contribution is 0.389. The zero-order valence-electron chi connectivity index (χ0n) is 14.3. The molecule has 4 nitrogen and oxygen atoms in total. The van der Waals surface area contributed by atoms with Gasteiger partial charge in [0.15, 0.2) is 10.2 Å². The van der Waals surface area contributed by atoms with Gasteiger partial charge < -0.3 is 10.6 Å². The van der Waals surface area contributed by atoms with Crippen LogP contribution in [-0.4, -0.2) is 16.3 Å². The van der Waals surface area contributed by atoms with E-state index in [1.807, 2.05) is 12.1 Å². The van der Waals surface area contributed by atoms with Crippen LogP contribution in [0.4, 0.5) is 5.69 Å². The van der Waals surface area contributed by atoms with Crippen LogP contribution in [0.5, 0.6) is 0 Å². The summed E-state index contributed by atoms with van der Waals surface area (Å²) in [5, 5.41) is 7.70. The van der Waals surface area contributed by atoms with Crippen LogP contribution in [0.1, 0.15) is 51.0 Å². The van der Waals surface area contributed by atoms with Crippen molar-refractivity contribution in [3.8, 4) is 0 Å². The summed E-state index contributed by atoms with van der Waals surface area (Å²) in [7, 11) is 0. The highest BCUT2D eigenvalue weighted by molar-refractivity contribution is 7.80. The minimum absolute atomic E-state index is 0.504. The Kier molecular flexibility index (Phi) is 5.56. The SMILES string of the molecule is CC(C)c1ccc(NC(=S)NNC(=S)N[C@@H]2C[C@@H]3CC[C@@H]2C3)cc1. The molecule has 0 heterocycles. The molecule has 6 heteroatoms. The van der Waals surface area contributed by atoms with E-state index >= 15 is 0 Å². The third-order valence-corrected chi connectivity index (χ3v) is 5.60. The van der Waals surface area contributed by atoms with Crippen molar-refractivity contribution >= 4 is 40.3 Å². The number of hydrogen-bond acceptors (Lipinski definition) is 2. The van der Waals surface area contributed by atoms with Gasteiger partial charge in [-0.3, -0.25) is 10.9 Å². The first-order chi connectivity index (χ1) is 11.5. The fraction of sp³-hybridized carbons (Fsp3) is 0.556. The van der Waals surface area contributed by atoms with Crippen molar-refractivity contribution < 1.29 is 0 Å². The Morgan fingerprint density at radius 1 is 1.00 bits per heavy atom. The van der Waals surface area contributed by atoms with Crippen LogP contribution in [0, 0.1) is 11.8 Å². The summed E-state index contributed by atoms with van der Waals surface area (Å²) >= 11 is 10.7. The van der Waals surface area contributed by atoms with Gasteiger partial charge in [0.25, 0.3) is 0 Å². The first-order valence-electron chi connectivity index (χ1n) is 8.74. The number of nitrogens with one attached hydrogen (secondary N) is 4. The fourth-order valence-corrected chi connectivity index (χ4v) is 4.22. The molecule has 2 aliphatic carbocycles. The second-order valence-corrected chi connectivity index (χ2v) is 8.05. The summed E-state index contributed by atoms with van der Waals surface area (Å²) in [6, 6.07) is 8.83. The zero-order valence-corrected chi connectivity index (χ0v) is 15.9. The molecule has 0 unspecified atom stereocenters. The summed E-state index contributed by atoms with van der Waals surface area (Å²) in [5.41, 5.74) is 8.22. The number of thiocarbonyl (C=S) groups is 2. The Morgan fingerprint density at radius 2 is 1.71 bits per heavy atom. The van der Waals surface area contributed by atoms with Gasteiger partial charge in [0, 0.05) is 11.7 Å². The third kappa shape index (κ3) is 4.36. The van der Waals surface area contributed by atoms with Gasteiger partial charge in [-0.25, -0.2) is 0 Å². The summed E-state index contributed by atoms with van der Waals surface area (Å²) in [6.07, 6.45) is 5.34. The molecule has 0 spiro atoms. The largest absolute Gasteiger partial charge is 0.358 e. The molecule has 2 aliphatic rings. The van der Waals surface area contributed by atoms with Gasteiger partial charge in [0.05, 0.1) is 0 Å². The minimum Gasteiger partial charge on any atom is -0.358 e. The van der Waals surface area contributed by atoms with Crippen molar-refractivity contribution in [3.05, 3.63) is 29.8 Å². The molecular formula is C18H26N4S2. The topological polar surface area (TPSA) is 48.1 Å². The molecule has 0 aliphatic heterocycles. The number of fused-ring (bicyclic) bond motifs is 2. The van der Waals surface area contributed by atoms with Crippen molar-refractivity contribution in [2.24, 2.45) is 11.8 Å². The van der Waals surface area contributed by atoms with Crippen molar-refractivity contribution in [1.29, 1.82) is 0 Å². The van der Waals surface area contributed by atoms with Crippen LogP contribution < -0.4 is 21.5 Å². The van der Waals surface area contributed by atoms with E-state index in [0.717, 1.165) is 17.5 Å².